The van der Waals surface area contributed by atoms with Crippen LogP contribution in [0.4, 0.5) is 0 Å². The van der Waals surface area contributed by atoms with E-state index in [4.69, 9.17) is 0 Å². The summed E-state index contributed by atoms with van der Waals surface area (Å²) in [7, 11) is 0. The van der Waals surface area contributed by atoms with E-state index >= 15 is 0 Å². The van der Waals surface area contributed by atoms with Gasteiger partial charge in [-0.2, -0.15) is 0 Å². The zero-order valence-electron chi connectivity index (χ0n) is 10.3. The lowest BCUT2D eigenvalue weighted by atomic mass is 10.1. The van der Waals surface area contributed by atoms with E-state index in [1.54, 1.807) is 11.8 Å². The SMILES string of the molecule is CC(Cc1ccc(Br)cc1)NC(=O)C1CSCN1. The Hall–Kier alpha value is -0.520. The van der Waals surface area contributed by atoms with Gasteiger partial charge in [0, 0.05) is 22.1 Å². The molecule has 0 spiro atoms. The lowest BCUT2D eigenvalue weighted by Crippen LogP contribution is -2.46. The minimum absolute atomic E-state index is 0.0256. The van der Waals surface area contributed by atoms with Gasteiger partial charge in [-0.05, 0) is 31.0 Å². The second kappa shape index (κ2) is 6.59. The molecule has 1 aromatic carbocycles. The summed E-state index contributed by atoms with van der Waals surface area (Å²) in [6.07, 6.45) is 0.860. The van der Waals surface area contributed by atoms with E-state index in [2.05, 4.69) is 38.7 Å². The van der Waals surface area contributed by atoms with Gasteiger partial charge in [0.25, 0.3) is 0 Å². The Bertz CT molecular complexity index is 404. The largest absolute Gasteiger partial charge is 0.352 e. The third-order valence-corrected chi connectivity index (χ3v) is 4.35. The third kappa shape index (κ3) is 4.00. The van der Waals surface area contributed by atoms with Gasteiger partial charge in [0.05, 0.1) is 6.04 Å². The lowest BCUT2D eigenvalue weighted by molar-refractivity contribution is -0.123. The highest BCUT2D eigenvalue weighted by Gasteiger charge is 2.23. The topological polar surface area (TPSA) is 41.1 Å². The van der Waals surface area contributed by atoms with Gasteiger partial charge in [0.15, 0.2) is 0 Å². The number of carbonyl (C=O) groups excluding carboxylic acids is 1. The van der Waals surface area contributed by atoms with Crippen molar-refractivity contribution in [2.75, 3.05) is 11.6 Å². The molecule has 98 valence electrons. The molecule has 0 bridgehead atoms. The first-order chi connectivity index (χ1) is 8.65. The number of halogens is 1. The molecular weight excluding hydrogens is 312 g/mol. The molecule has 1 aliphatic rings. The molecule has 1 amide bonds. The normalized spacial score (nSPS) is 20.7. The van der Waals surface area contributed by atoms with Crippen molar-refractivity contribution in [1.29, 1.82) is 0 Å². The van der Waals surface area contributed by atoms with Crippen molar-refractivity contribution >= 4 is 33.6 Å². The van der Waals surface area contributed by atoms with E-state index in [0.717, 1.165) is 22.5 Å². The number of hydrogen-bond donors (Lipinski definition) is 2. The molecule has 1 fully saturated rings. The average Bonchev–Trinajstić information content (AvgIpc) is 2.85. The first-order valence-corrected chi connectivity index (χ1v) is 7.96. The first-order valence-electron chi connectivity index (χ1n) is 6.01. The zero-order valence-corrected chi connectivity index (χ0v) is 12.7. The van der Waals surface area contributed by atoms with Crippen LogP contribution in [0.1, 0.15) is 12.5 Å². The van der Waals surface area contributed by atoms with E-state index in [0.29, 0.717) is 0 Å². The Morgan fingerprint density at radius 3 is 2.89 bits per heavy atom. The molecule has 5 heteroatoms. The van der Waals surface area contributed by atoms with Gasteiger partial charge in [-0.1, -0.05) is 28.1 Å². The van der Waals surface area contributed by atoms with Gasteiger partial charge >= 0.3 is 0 Å². The number of carbonyl (C=O) groups is 1. The summed E-state index contributed by atoms with van der Waals surface area (Å²) in [5.41, 5.74) is 1.24. The van der Waals surface area contributed by atoms with Crippen molar-refractivity contribution in [3.63, 3.8) is 0 Å². The summed E-state index contributed by atoms with van der Waals surface area (Å²) in [6, 6.07) is 8.35. The Balaban J connectivity index is 1.82. The Kier molecular flexibility index (Phi) is 5.09. The van der Waals surface area contributed by atoms with Crippen LogP contribution in [-0.2, 0) is 11.2 Å². The van der Waals surface area contributed by atoms with Crippen LogP contribution in [0, 0.1) is 0 Å². The van der Waals surface area contributed by atoms with Gasteiger partial charge in [0.2, 0.25) is 5.91 Å². The lowest BCUT2D eigenvalue weighted by Gasteiger charge is -2.17. The van der Waals surface area contributed by atoms with Gasteiger partial charge < -0.3 is 5.32 Å². The molecule has 1 aliphatic heterocycles. The first kappa shape index (κ1) is 13.9. The molecule has 2 unspecified atom stereocenters. The number of nitrogens with one attached hydrogen (secondary N) is 2. The highest BCUT2D eigenvalue weighted by molar-refractivity contribution is 9.10. The molecular formula is C13H17BrN2OS. The number of rotatable bonds is 4. The maximum absolute atomic E-state index is 11.9. The van der Waals surface area contributed by atoms with Gasteiger partial charge in [-0.25, -0.2) is 0 Å². The second-order valence-corrected chi connectivity index (χ2v) is 6.46. The Morgan fingerprint density at radius 1 is 1.56 bits per heavy atom. The summed E-state index contributed by atoms with van der Waals surface area (Å²) in [6.45, 7) is 2.04. The van der Waals surface area contributed by atoms with Crippen LogP contribution in [0.25, 0.3) is 0 Å². The van der Waals surface area contributed by atoms with E-state index in [1.807, 2.05) is 19.1 Å². The van der Waals surface area contributed by atoms with Crippen molar-refractivity contribution in [2.45, 2.75) is 25.4 Å². The number of hydrogen-bond acceptors (Lipinski definition) is 3. The van der Waals surface area contributed by atoms with Crippen molar-refractivity contribution in [1.82, 2.24) is 10.6 Å². The molecule has 0 saturated carbocycles. The van der Waals surface area contributed by atoms with Gasteiger partial charge in [0.1, 0.15) is 0 Å². The molecule has 1 aromatic rings. The van der Waals surface area contributed by atoms with Crippen LogP contribution in [-0.4, -0.2) is 29.6 Å². The standard InChI is InChI=1S/C13H17BrN2OS/c1-9(6-10-2-4-11(14)5-3-10)16-13(17)12-7-18-8-15-12/h2-5,9,12,15H,6-8H2,1H3,(H,16,17). The van der Waals surface area contributed by atoms with Crippen LogP contribution in [0.15, 0.2) is 28.7 Å². The van der Waals surface area contributed by atoms with Gasteiger partial charge in [-0.15, -0.1) is 11.8 Å². The van der Waals surface area contributed by atoms with Crippen LogP contribution < -0.4 is 10.6 Å². The maximum Gasteiger partial charge on any atom is 0.238 e. The van der Waals surface area contributed by atoms with Crippen molar-refractivity contribution < 1.29 is 4.79 Å². The van der Waals surface area contributed by atoms with Crippen LogP contribution >= 0.6 is 27.7 Å². The van der Waals surface area contributed by atoms with E-state index < -0.39 is 0 Å². The molecule has 3 nitrogen and oxygen atoms in total. The Labute approximate surface area is 120 Å². The smallest absolute Gasteiger partial charge is 0.238 e. The minimum Gasteiger partial charge on any atom is -0.352 e. The number of benzene rings is 1. The fourth-order valence-electron chi connectivity index (χ4n) is 1.93. The second-order valence-electron chi connectivity index (χ2n) is 4.51. The summed E-state index contributed by atoms with van der Waals surface area (Å²) in [5, 5.41) is 6.24. The molecule has 18 heavy (non-hydrogen) atoms. The molecule has 0 radical (unpaired) electrons. The molecule has 1 saturated heterocycles. The zero-order chi connectivity index (χ0) is 13.0. The molecule has 2 N–H and O–H groups in total. The minimum atomic E-state index is -0.0256. The van der Waals surface area contributed by atoms with Crippen molar-refractivity contribution in [3.8, 4) is 0 Å². The van der Waals surface area contributed by atoms with Crippen LogP contribution in [0.2, 0.25) is 0 Å². The van der Waals surface area contributed by atoms with Crippen molar-refractivity contribution in [2.24, 2.45) is 0 Å². The predicted octanol–water partition coefficient (Wildman–Crippen LogP) is 2.16. The van der Waals surface area contributed by atoms with Gasteiger partial charge in [-0.3, -0.25) is 10.1 Å². The molecule has 2 atom stereocenters. The number of thioether (sulfide) groups is 1. The molecule has 0 aliphatic carbocycles. The monoisotopic (exact) mass is 328 g/mol. The third-order valence-electron chi connectivity index (χ3n) is 2.88. The van der Waals surface area contributed by atoms with E-state index in [1.165, 1.54) is 5.56 Å². The highest BCUT2D eigenvalue weighted by atomic mass is 79.9. The number of amides is 1. The van der Waals surface area contributed by atoms with Crippen LogP contribution in [0.3, 0.4) is 0 Å². The fourth-order valence-corrected chi connectivity index (χ4v) is 3.14. The predicted molar refractivity (Wildman–Crippen MR) is 79.7 cm³/mol. The van der Waals surface area contributed by atoms with Crippen molar-refractivity contribution in [3.05, 3.63) is 34.3 Å². The summed E-state index contributed by atoms with van der Waals surface area (Å²) in [5.74, 6) is 1.86. The quantitative estimate of drug-likeness (QED) is 0.889. The fraction of sp³-hybridized carbons (Fsp3) is 0.462. The summed E-state index contributed by atoms with van der Waals surface area (Å²) in [4.78, 5) is 11.9. The highest BCUT2D eigenvalue weighted by Crippen LogP contribution is 2.13. The average molecular weight is 329 g/mol. The van der Waals surface area contributed by atoms with E-state index in [-0.39, 0.29) is 18.0 Å². The summed E-state index contributed by atoms with van der Waals surface area (Å²) < 4.78 is 1.08. The summed E-state index contributed by atoms with van der Waals surface area (Å²) >= 11 is 5.18. The van der Waals surface area contributed by atoms with Crippen LogP contribution in [0.5, 0.6) is 0 Å². The maximum atomic E-state index is 11.9. The van der Waals surface area contributed by atoms with E-state index in [9.17, 15) is 4.79 Å². The molecule has 1 heterocycles. The molecule has 2 rings (SSSR count). The molecule has 0 aromatic heterocycles. The Morgan fingerprint density at radius 2 is 2.28 bits per heavy atom.